The van der Waals surface area contributed by atoms with Gasteiger partial charge in [0.05, 0.1) is 17.9 Å². The van der Waals surface area contributed by atoms with E-state index in [0.29, 0.717) is 12.6 Å². The first-order valence-electron chi connectivity index (χ1n) is 8.09. The summed E-state index contributed by atoms with van der Waals surface area (Å²) in [7, 11) is 1.98. The molecule has 1 amide bonds. The van der Waals surface area contributed by atoms with Crippen LogP contribution in [0.5, 0.6) is 0 Å². The van der Waals surface area contributed by atoms with Gasteiger partial charge >= 0.3 is 0 Å². The topological polar surface area (TPSA) is 35.6 Å². The van der Waals surface area contributed by atoms with Crippen LogP contribution in [0.15, 0.2) is 24.3 Å². The van der Waals surface area contributed by atoms with Gasteiger partial charge in [-0.25, -0.2) is 0 Å². The molecule has 5 heteroatoms. The molecule has 0 atom stereocenters. The number of para-hydroxylation sites is 2. The van der Waals surface area contributed by atoms with Crippen LogP contribution in [0.2, 0.25) is 0 Å². The Labute approximate surface area is 139 Å². The molecule has 0 aromatic heterocycles. The molecule has 2 aliphatic rings. The van der Waals surface area contributed by atoms with Crippen LogP contribution in [-0.4, -0.2) is 43.5 Å². The second kappa shape index (κ2) is 7.73. The summed E-state index contributed by atoms with van der Waals surface area (Å²) in [6, 6.07) is 8.69. The van der Waals surface area contributed by atoms with Crippen molar-refractivity contribution < 1.29 is 4.79 Å². The third-order valence-electron chi connectivity index (χ3n) is 4.78. The second-order valence-corrected chi connectivity index (χ2v) is 6.16. The number of hydrogen-bond donors (Lipinski definition) is 1. The number of nitrogens with one attached hydrogen (secondary N) is 1. The Kier molecular flexibility index (Phi) is 5.95. The maximum Gasteiger partial charge on any atom is 0.242 e. The Morgan fingerprint density at radius 2 is 2.00 bits per heavy atom. The van der Waals surface area contributed by atoms with Crippen molar-refractivity contribution in [3.05, 3.63) is 24.3 Å². The van der Waals surface area contributed by atoms with Crippen molar-refractivity contribution in [2.24, 2.45) is 0 Å². The number of halogens is 1. The summed E-state index contributed by atoms with van der Waals surface area (Å²) in [5.74, 6) is 0.249. The fourth-order valence-electron chi connectivity index (χ4n) is 3.46. The molecule has 1 aliphatic carbocycles. The Bertz CT molecular complexity index is 502. The number of likely N-dealkylation sites (N-methyl/N-ethyl adjacent to an activating group) is 1. The van der Waals surface area contributed by atoms with Crippen LogP contribution in [0.1, 0.15) is 32.1 Å². The fraction of sp³-hybridized carbons (Fsp3) is 0.588. The summed E-state index contributed by atoms with van der Waals surface area (Å²) in [4.78, 5) is 16.8. The fourth-order valence-corrected chi connectivity index (χ4v) is 3.46. The Morgan fingerprint density at radius 1 is 1.27 bits per heavy atom. The first-order chi connectivity index (χ1) is 10.3. The average molecular weight is 324 g/mol. The molecule has 4 nitrogen and oxygen atoms in total. The van der Waals surface area contributed by atoms with Crippen LogP contribution in [0.25, 0.3) is 0 Å². The summed E-state index contributed by atoms with van der Waals surface area (Å²) in [5, 5.41) is 3.39. The van der Waals surface area contributed by atoms with E-state index in [-0.39, 0.29) is 18.3 Å². The molecule has 0 bridgehead atoms. The second-order valence-electron chi connectivity index (χ2n) is 6.16. The molecule has 122 valence electrons. The average Bonchev–Trinajstić information content (AvgIpc) is 2.55. The molecule has 1 N–H and O–H groups in total. The maximum atomic E-state index is 12.6. The van der Waals surface area contributed by atoms with Crippen molar-refractivity contribution in [3.8, 4) is 0 Å². The number of fused-ring (bicyclic) bond motifs is 1. The van der Waals surface area contributed by atoms with E-state index in [1.54, 1.807) is 0 Å². The summed E-state index contributed by atoms with van der Waals surface area (Å²) >= 11 is 0. The van der Waals surface area contributed by atoms with E-state index in [0.717, 1.165) is 24.5 Å². The number of amides is 1. The summed E-state index contributed by atoms with van der Waals surface area (Å²) in [6.07, 6.45) is 6.18. The van der Waals surface area contributed by atoms with Gasteiger partial charge in [-0.3, -0.25) is 4.79 Å². The third kappa shape index (κ3) is 3.67. The summed E-state index contributed by atoms with van der Waals surface area (Å²) < 4.78 is 0. The van der Waals surface area contributed by atoms with E-state index < -0.39 is 0 Å². The number of carbonyl (C=O) groups is 1. The minimum Gasteiger partial charge on any atom is -0.382 e. The lowest BCUT2D eigenvalue weighted by atomic mass is 9.94. The van der Waals surface area contributed by atoms with Gasteiger partial charge in [0.15, 0.2) is 0 Å². The molecule has 0 radical (unpaired) electrons. The normalized spacial score (nSPS) is 18.0. The van der Waals surface area contributed by atoms with Crippen LogP contribution < -0.4 is 10.2 Å². The van der Waals surface area contributed by atoms with Gasteiger partial charge in [0.2, 0.25) is 5.91 Å². The maximum absolute atomic E-state index is 12.6. The van der Waals surface area contributed by atoms with Crippen molar-refractivity contribution in [2.75, 3.05) is 36.9 Å². The van der Waals surface area contributed by atoms with Gasteiger partial charge in [-0.05, 0) is 25.0 Å². The molecule has 1 aliphatic heterocycles. The zero-order chi connectivity index (χ0) is 14.7. The Hall–Kier alpha value is -1.42. The number of hydrogen-bond acceptors (Lipinski definition) is 3. The van der Waals surface area contributed by atoms with Crippen LogP contribution in [-0.2, 0) is 4.79 Å². The number of rotatable bonds is 3. The Morgan fingerprint density at radius 3 is 2.77 bits per heavy atom. The molecule has 0 saturated heterocycles. The molecule has 1 aromatic rings. The number of nitrogens with zero attached hydrogens (tertiary/aromatic N) is 2. The highest BCUT2D eigenvalue weighted by Gasteiger charge is 2.25. The molecule has 0 unspecified atom stereocenters. The molecule has 0 spiro atoms. The van der Waals surface area contributed by atoms with Gasteiger partial charge in [-0.15, -0.1) is 12.4 Å². The molecule has 1 aromatic carbocycles. The molecule has 1 heterocycles. The minimum atomic E-state index is 0. The zero-order valence-corrected chi connectivity index (χ0v) is 14.1. The van der Waals surface area contributed by atoms with Gasteiger partial charge in [-0.1, -0.05) is 31.4 Å². The number of carbonyl (C=O) groups excluding carboxylic acids is 1. The highest BCUT2D eigenvalue weighted by atomic mass is 35.5. The predicted octanol–water partition coefficient (Wildman–Crippen LogP) is 3.13. The lowest BCUT2D eigenvalue weighted by Gasteiger charge is -2.35. The smallest absolute Gasteiger partial charge is 0.242 e. The van der Waals surface area contributed by atoms with E-state index >= 15 is 0 Å². The molecular weight excluding hydrogens is 298 g/mol. The van der Waals surface area contributed by atoms with Crippen LogP contribution in [0, 0.1) is 0 Å². The quantitative estimate of drug-likeness (QED) is 0.928. The number of anilines is 2. The van der Waals surface area contributed by atoms with Gasteiger partial charge < -0.3 is 15.1 Å². The molecule has 1 fully saturated rings. The monoisotopic (exact) mass is 323 g/mol. The highest BCUT2D eigenvalue weighted by molar-refractivity contribution is 5.85. The van der Waals surface area contributed by atoms with Gasteiger partial charge in [-0.2, -0.15) is 0 Å². The van der Waals surface area contributed by atoms with E-state index in [4.69, 9.17) is 0 Å². The van der Waals surface area contributed by atoms with Gasteiger partial charge in [0.25, 0.3) is 0 Å². The van der Waals surface area contributed by atoms with E-state index in [2.05, 4.69) is 22.3 Å². The summed E-state index contributed by atoms with van der Waals surface area (Å²) in [6.45, 7) is 2.28. The third-order valence-corrected chi connectivity index (χ3v) is 4.78. The molecule has 1 saturated carbocycles. The lowest BCUT2D eigenvalue weighted by Crippen LogP contribution is -2.46. The summed E-state index contributed by atoms with van der Waals surface area (Å²) in [5.41, 5.74) is 2.28. The standard InChI is InChI=1S/C17H25N3O.ClH/c1-19(14-7-3-2-4-8-14)17(21)13-20-12-11-18-15-9-5-6-10-16(15)20;/h5-6,9-10,14,18H,2-4,7-8,11-13H2,1H3;1H. The molecular formula is C17H26ClN3O. The van der Waals surface area contributed by atoms with Crippen molar-refractivity contribution in [1.29, 1.82) is 0 Å². The van der Waals surface area contributed by atoms with Crippen molar-refractivity contribution >= 4 is 29.7 Å². The first kappa shape index (κ1) is 16.9. The van der Waals surface area contributed by atoms with E-state index in [1.807, 2.05) is 24.1 Å². The largest absolute Gasteiger partial charge is 0.382 e. The molecule has 22 heavy (non-hydrogen) atoms. The van der Waals surface area contributed by atoms with Gasteiger partial charge in [0.1, 0.15) is 0 Å². The lowest BCUT2D eigenvalue weighted by molar-refractivity contribution is -0.131. The van der Waals surface area contributed by atoms with Crippen LogP contribution in [0.3, 0.4) is 0 Å². The Balaban J connectivity index is 0.00000176. The van der Waals surface area contributed by atoms with Crippen LogP contribution in [0.4, 0.5) is 11.4 Å². The minimum absolute atomic E-state index is 0. The van der Waals surface area contributed by atoms with Crippen LogP contribution >= 0.6 is 12.4 Å². The zero-order valence-electron chi connectivity index (χ0n) is 13.3. The first-order valence-corrected chi connectivity index (χ1v) is 8.09. The van der Waals surface area contributed by atoms with Crippen molar-refractivity contribution in [3.63, 3.8) is 0 Å². The SMILES string of the molecule is CN(C(=O)CN1CCNc2ccccc21)C1CCCCC1.Cl. The predicted molar refractivity (Wildman–Crippen MR) is 94.0 cm³/mol. The van der Waals surface area contributed by atoms with Crippen molar-refractivity contribution in [2.45, 2.75) is 38.1 Å². The van der Waals surface area contributed by atoms with Crippen molar-refractivity contribution in [1.82, 2.24) is 4.90 Å². The van der Waals surface area contributed by atoms with E-state index in [1.165, 1.54) is 32.1 Å². The van der Waals surface area contributed by atoms with Gasteiger partial charge in [0, 0.05) is 26.2 Å². The number of benzene rings is 1. The molecule has 3 rings (SSSR count). The van der Waals surface area contributed by atoms with E-state index in [9.17, 15) is 4.79 Å². The highest BCUT2D eigenvalue weighted by Crippen LogP contribution is 2.28.